The average Bonchev–Trinajstić information content (AvgIpc) is 2.90. The van der Waals surface area contributed by atoms with Crippen LogP contribution in [-0.4, -0.2) is 34.3 Å². The van der Waals surface area contributed by atoms with E-state index in [1.54, 1.807) is 10.9 Å². The zero-order valence-corrected chi connectivity index (χ0v) is 16.6. The molecule has 0 aliphatic rings. The predicted molar refractivity (Wildman–Crippen MR) is 101 cm³/mol. The first-order valence-corrected chi connectivity index (χ1v) is 8.98. The van der Waals surface area contributed by atoms with Crippen molar-refractivity contribution in [2.24, 2.45) is 5.10 Å². The molecule has 0 bridgehead atoms. The van der Waals surface area contributed by atoms with E-state index in [1.165, 1.54) is 0 Å². The summed E-state index contributed by atoms with van der Waals surface area (Å²) in [6.45, 7) is 9.07. The van der Waals surface area contributed by atoms with Crippen molar-refractivity contribution in [1.29, 1.82) is 0 Å². The van der Waals surface area contributed by atoms with Gasteiger partial charge in [-0.1, -0.05) is 13.8 Å². The molecule has 1 aromatic heterocycles. The normalized spacial score (nSPS) is 11.4. The van der Waals surface area contributed by atoms with Gasteiger partial charge in [-0.2, -0.15) is 14.9 Å². The van der Waals surface area contributed by atoms with Gasteiger partial charge in [-0.3, -0.25) is 5.10 Å². The fraction of sp³-hybridized carbons (Fsp3) is 0.438. The molecule has 1 heterocycles. The molecular weight excluding hydrogens is 392 g/mol. The summed E-state index contributed by atoms with van der Waals surface area (Å²) in [5, 5.41) is 11.4. The van der Waals surface area contributed by atoms with E-state index in [-0.39, 0.29) is 5.92 Å². The van der Waals surface area contributed by atoms with Gasteiger partial charge in [0.15, 0.2) is 17.3 Å². The molecule has 0 saturated carbocycles. The second-order valence-electron chi connectivity index (χ2n) is 5.29. The smallest absolute Gasteiger partial charge is 0.216 e. The molecule has 130 valence electrons. The summed E-state index contributed by atoms with van der Waals surface area (Å²) in [6.07, 6.45) is 1.72. The molecule has 0 radical (unpaired) electrons. The van der Waals surface area contributed by atoms with Gasteiger partial charge in [0.1, 0.15) is 0 Å². The Morgan fingerprint density at radius 1 is 1.33 bits per heavy atom. The van der Waals surface area contributed by atoms with Crippen LogP contribution < -0.4 is 9.47 Å². The highest BCUT2D eigenvalue weighted by molar-refractivity contribution is 9.10. The van der Waals surface area contributed by atoms with E-state index < -0.39 is 0 Å². The van der Waals surface area contributed by atoms with Gasteiger partial charge in [0.2, 0.25) is 4.77 Å². The van der Waals surface area contributed by atoms with Crippen molar-refractivity contribution in [2.75, 3.05) is 13.2 Å². The molecule has 0 aliphatic heterocycles. The van der Waals surface area contributed by atoms with Gasteiger partial charge in [0.05, 0.1) is 23.9 Å². The minimum Gasteiger partial charge on any atom is -0.490 e. The highest BCUT2D eigenvalue weighted by Crippen LogP contribution is 2.36. The Morgan fingerprint density at radius 2 is 2.04 bits per heavy atom. The monoisotopic (exact) mass is 412 g/mol. The number of rotatable bonds is 7. The van der Waals surface area contributed by atoms with Crippen LogP contribution in [0.15, 0.2) is 21.7 Å². The lowest BCUT2D eigenvalue weighted by Crippen LogP contribution is -2.02. The molecule has 8 heteroatoms. The maximum atomic E-state index is 5.67. The first-order valence-electron chi connectivity index (χ1n) is 7.78. The number of nitrogens with one attached hydrogen (secondary N) is 1. The molecule has 0 aliphatic carbocycles. The number of nitrogens with zero attached hydrogens (tertiary/aromatic N) is 3. The molecule has 0 atom stereocenters. The van der Waals surface area contributed by atoms with E-state index in [2.05, 4.69) is 31.2 Å². The first kappa shape index (κ1) is 18.7. The highest BCUT2D eigenvalue weighted by atomic mass is 79.9. The van der Waals surface area contributed by atoms with Gasteiger partial charge in [-0.05, 0) is 59.7 Å². The number of ether oxygens (including phenoxy) is 2. The quantitative estimate of drug-likeness (QED) is 0.536. The van der Waals surface area contributed by atoms with Crippen LogP contribution in [0.25, 0.3) is 0 Å². The third kappa shape index (κ3) is 4.24. The lowest BCUT2D eigenvalue weighted by molar-refractivity contribution is 0.286. The van der Waals surface area contributed by atoms with Crippen LogP contribution in [0, 0.1) is 4.77 Å². The van der Waals surface area contributed by atoms with Crippen molar-refractivity contribution < 1.29 is 9.47 Å². The fourth-order valence-corrected chi connectivity index (χ4v) is 2.88. The SMILES string of the molecule is CCOc1cc(/C=N\n2c(C(C)C)n[nH]c2=S)cc(Br)c1OCC. The van der Waals surface area contributed by atoms with Crippen molar-refractivity contribution in [3.05, 3.63) is 32.8 Å². The Balaban J connectivity index is 2.40. The van der Waals surface area contributed by atoms with Gasteiger partial charge in [-0.15, -0.1) is 0 Å². The molecule has 1 aromatic carbocycles. The van der Waals surface area contributed by atoms with Crippen LogP contribution in [-0.2, 0) is 0 Å². The molecule has 0 spiro atoms. The van der Waals surface area contributed by atoms with Gasteiger partial charge >= 0.3 is 0 Å². The van der Waals surface area contributed by atoms with Crippen molar-refractivity contribution in [3.8, 4) is 11.5 Å². The van der Waals surface area contributed by atoms with Crippen molar-refractivity contribution in [2.45, 2.75) is 33.6 Å². The van der Waals surface area contributed by atoms with Gasteiger partial charge < -0.3 is 9.47 Å². The van der Waals surface area contributed by atoms with Crippen LogP contribution in [0.1, 0.15) is 45.0 Å². The lowest BCUT2D eigenvalue weighted by Gasteiger charge is -2.13. The van der Waals surface area contributed by atoms with E-state index in [1.807, 2.05) is 39.8 Å². The van der Waals surface area contributed by atoms with Crippen molar-refractivity contribution >= 4 is 34.4 Å². The van der Waals surface area contributed by atoms with Crippen molar-refractivity contribution in [1.82, 2.24) is 14.9 Å². The number of aromatic amines is 1. The number of halogens is 1. The zero-order chi connectivity index (χ0) is 17.7. The molecule has 2 aromatic rings. The van der Waals surface area contributed by atoms with E-state index >= 15 is 0 Å². The summed E-state index contributed by atoms with van der Waals surface area (Å²) >= 11 is 8.76. The van der Waals surface area contributed by atoms with Gasteiger partial charge in [0.25, 0.3) is 0 Å². The van der Waals surface area contributed by atoms with Crippen LogP contribution in [0.3, 0.4) is 0 Å². The third-order valence-electron chi connectivity index (χ3n) is 3.13. The largest absolute Gasteiger partial charge is 0.490 e. The summed E-state index contributed by atoms with van der Waals surface area (Å²) in [7, 11) is 0. The van der Waals surface area contributed by atoms with E-state index in [9.17, 15) is 0 Å². The Bertz CT molecular complexity index is 783. The standard InChI is InChI=1S/C16H21BrN4O2S/c1-5-22-13-8-11(7-12(17)14(13)23-6-2)9-18-21-15(10(3)4)19-20-16(21)24/h7-10H,5-6H2,1-4H3,(H,20,24)/b18-9-. The van der Waals surface area contributed by atoms with E-state index in [4.69, 9.17) is 21.7 Å². The molecular formula is C16H21BrN4O2S. The molecule has 0 unspecified atom stereocenters. The molecule has 0 amide bonds. The Kier molecular flexibility index (Phi) is 6.56. The van der Waals surface area contributed by atoms with Crippen LogP contribution in [0.2, 0.25) is 0 Å². The summed E-state index contributed by atoms with van der Waals surface area (Å²) in [5.41, 5.74) is 0.867. The van der Waals surface area contributed by atoms with Gasteiger partial charge in [0, 0.05) is 5.92 Å². The summed E-state index contributed by atoms with van der Waals surface area (Å²) in [6, 6.07) is 3.82. The molecule has 6 nitrogen and oxygen atoms in total. The van der Waals surface area contributed by atoms with Crippen LogP contribution >= 0.6 is 28.1 Å². The topological polar surface area (TPSA) is 64.4 Å². The number of hydrogen-bond donors (Lipinski definition) is 1. The summed E-state index contributed by atoms with van der Waals surface area (Å²) in [5.74, 6) is 2.36. The Labute approximate surface area is 155 Å². The highest BCUT2D eigenvalue weighted by Gasteiger charge is 2.12. The minimum absolute atomic E-state index is 0.209. The second-order valence-corrected chi connectivity index (χ2v) is 6.54. The maximum absolute atomic E-state index is 5.67. The van der Waals surface area contributed by atoms with E-state index in [0.29, 0.717) is 29.5 Å². The van der Waals surface area contributed by atoms with Crippen LogP contribution in [0.5, 0.6) is 11.5 Å². The number of hydrogen-bond acceptors (Lipinski definition) is 5. The van der Waals surface area contributed by atoms with Crippen LogP contribution in [0.4, 0.5) is 0 Å². The first-order chi connectivity index (χ1) is 11.5. The van der Waals surface area contributed by atoms with Gasteiger partial charge in [-0.25, -0.2) is 0 Å². The summed E-state index contributed by atoms with van der Waals surface area (Å²) in [4.78, 5) is 0. The Morgan fingerprint density at radius 3 is 2.67 bits per heavy atom. The molecule has 24 heavy (non-hydrogen) atoms. The third-order valence-corrected chi connectivity index (χ3v) is 3.99. The lowest BCUT2D eigenvalue weighted by atomic mass is 10.2. The summed E-state index contributed by atoms with van der Waals surface area (Å²) < 4.78 is 14.2. The van der Waals surface area contributed by atoms with Crippen molar-refractivity contribution in [3.63, 3.8) is 0 Å². The molecule has 0 fully saturated rings. The maximum Gasteiger partial charge on any atom is 0.216 e. The number of benzene rings is 1. The minimum atomic E-state index is 0.209. The number of aromatic nitrogens is 3. The molecule has 0 saturated heterocycles. The van der Waals surface area contributed by atoms with E-state index in [0.717, 1.165) is 15.9 Å². The Hall–Kier alpha value is -1.67. The number of H-pyrrole nitrogens is 1. The predicted octanol–water partition coefficient (Wildman–Crippen LogP) is 4.51. The molecule has 1 N–H and O–H groups in total. The second kappa shape index (κ2) is 8.43. The average molecular weight is 413 g/mol. The fourth-order valence-electron chi connectivity index (χ4n) is 2.12. The zero-order valence-electron chi connectivity index (χ0n) is 14.2. The molecule has 2 rings (SSSR count).